The Labute approximate surface area is 120 Å². The molecule has 1 N–H and O–H groups in total. The lowest BCUT2D eigenvalue weighted by Crippen LogP contribution is -2.23. The monoisotopic (exact) mass is 277 g/mol. The van der Waals surface area contributed by atoms with Crippen molar-refractivity contribution in [1.29, 1.82) is 0 Å². The average molecular weight is 277 g/mol. The van der Waals surface area contributed by atoms with Crippen LogP contribution >= 0.6 is 0 Å². The van der Waals surface area contributed by atoms with Gasteiger partial charge in [0.15, 0.2) is 0 Å². The summed E-state index contributed by atoms with van der Waals surface area (Å²) in [5.41, 5.74) is 1.88. The lowest BCUT2D eigenvalue weighted by molar-refractivity contribution is -0.385. The zero-order valence-corrected chi connectivity index (χ0v) is 12.3. The molecule has 1 unspecified atom stereocenters. The van der Waals surface area contributed by atoms with Crippen molar-refractivity contribution in [2.45, 2.75) is 38.6 Å². The Morgan fingerprint density at radius 2 is 2.20 bits per heavy atom. The van der Waals surface area contributed by atoms with Crippen molar-refractivity contribution in [3.05, 3.63) is 33.9 Å². The summed E-state index contributed by atoms with van der Waals surface area (Å²) in [5.74, 6) is 0. The fraction of sp³-hybridized carbons (Fsp3) is 0.600. The van der Waals surface area contributed by atoms with Crippen LogP contribution in [0.15, 0.2) is 18.2 Å². The van der Waals surface area contributed by atoms with Gasteiger partial charge in [0.2, 0.25) is 0 Å². The van der Waals surface area contributed by atoms with Crippen LogP contribution in [0.4, 0.5) is 11.4 Å². The van der Waals surface area contributed by atoms with Crippen molar-refractivity contribution in [3.63, 3.8) is 0 Å². The number of aryl methyl sites for hydroxylation is 1. The minimum absolute atomic E-state index is 0.225. The quantitative estimate of drug-likeness (QED) is 0.679. The van der Waals surface area contributed by atoms with Crippen LogP contribution in [0.1, 0.15) is 31.7 Å². The Balaban J connectivity index is 2.09. The number of likely N-dealkylation sites (tertiary alicyclic amines) is 1. The molecule has 1 heterocycles. The van der Waals surface area contributed by atoms with Gasteiger partial charge in [0.25, 0.3) is 5.69 Å². The van der Waals surface area contributed by atoms with Gasteiger partial charge in [0.1, 0.15) is 0 Å². The predicted octanol–water partition coefficient (Wildman–Crippen LogP) is 3.05. The molecule has 0 radical (unpaired) electrons. The maximum Gasteiger partial charge on any atom is 0.274 e. The van der Waals surface area contributed by atoms with Crippen molar-refractivity contribution in [3.8, 4) is 0 Å². The Morgan fingerprint density at radius 1 is 1.40 bits per heavy atom. The molecule has 1 fully saturated rings. The molecule has 1 aliphatic rings. The molecule has 0 spiro atoms. The highest BCUT2D eigenvalue weighted by Gasteiger charge is 2.17. The van der Waals surface area contributed by atoms with Gasteiger partial charge in [-0.2, -0.15) is 0 Å². The number of benzene rings is 1. The maximum atomic E-state index is 11.1. The van der Waals surface area contributed by atoms with Crippen LogP contribution in [0, 0.1) is 10.1 Å². The van der Waals surface area contributed by atoms with Gasteiger partial charge in [0.05, 0.1) is 4.92 Å². The number of nitro benzene ring substituents is 1. The van der Waals surface area contributed by atoms with Gasteiger partial charge in [-0.3, -0.25) is 10.1 Å². The third-order valence-corrected chi connectivity index (χ3v) is 3.99. The van der Waals surface area contributed by atoms with Gasteiger partial charge in [-0.25, -0.2) is 0 Å². The highest BCUT2D eigenvalue weighted by atomic mass is 16.6. The lowest BCUT2D eigenvalue weighted by Gasteiger charge is -2.18. The van der Waals surface area contributed by atoms with E-state index in [0.29, 0.717) is 12.5 Å². The third kappa shape index (κ3) is 3.70. The number of nitrogens with one attached hydrogen (secondary N) is 1. The van der Waals surface area contributed by atoms with Gasteiger partial charge >= 0.3 is 0 Å². The molecule has 1 atom stereocenters. The molecule has 5 nitrogen and oxygen atoms in total. The molecule has 1 saturated heterocycles. The second-order valence-electron chi connectivity index (χ2n) is 5.53. The number of nitrogens with zero attached hydrogens (tertiary/aromatic N) is 2. The third-order valence-electron chi connectivity index (χ3n) is 3.99. The van der Waals surface area contributed by atoms with E-state index in [4.69, 9.17) is 0 Å². The van der Waals surface area contributed by atoms with Gasteiger partial charge < -0.3 is 10.2 Å². The molecular weight excluding hydrogens is 254 g/mol. The summed E-state index contributed by atoms with van der Waals surface area (Å²) in [6, 6.07) is 5.91. The van der Waals surface area contributed by atoms with Crippen LogP contribution < -0.4 is 5.32 Å². The fourth-order valence-corrected chi connectivity index (χ4v) is 2.74. The molecule has 0 aliphatic carbocycles. The summed E-state index contributed by atoms with van der Waals surface area (Å²) in [6.45, 7) is 4.15. The van der Waals surface area contributed by atoms with E-state index >= 15 is 0 Å². The Kier molecular flexibility index (Phi) is 4.95. The number of hydrogen-bond acceptors (Lipinski definition) is 4. The second-order valence-corrected chi connectivity index (χ2v) is 5.53. The topological polar surface area (TPSA) is 58.4 Å². The lowest BCUT2D eigenvalue weighted by atomic mass is 10.1. The highest BCUT2D eigenvalue weighted by Crippen LogP contribution is 2.25. The summed E-state index contributed by atoms with van der Waals surface area (Å²) >= 11 is 0. The molecule has 1 aliphatic heterocycles. The summed E-state index contributed by atoms with van der Waals surface area (Å²) in [5, 5.41) is 14.6. The van der Waals surface area contributed by atoms with E-state index in [1.54, 1.807) is 6.07 Å². The summed E-state index contributed by atoms with van der Waals surface area (Å²) in [7, 11) is 2.14. The minimum Gasteiger partial charge on any atom is -0.382 e. The second kappa shape index (κ2) is 6.70. The van der Waals surface area contributed by atoms with E-state index in [0.717, 1.165) is 37.2 Å². The van der Waals surface area contributed by atoms with E-state index in [1.165, 1.54) is 6.42 Å². The van der Waals surface area contributed by atoms with Gasteiger partial charge in [-0.15, -0.1) is 0 Å². The summed E-state index contributed by atoms with van der Waals surface area (Å²) < 4.78 is 0. The zero-order chi connectivity index (χ0) is 14.5. The molecule has 2 rings (SSSR count). The first-order valence-electron chi connectivity index (χ1n) is 7.32. The normalized spacial score (nSPS) is 20.4. The molecule has 0 bridgehead atoms. The van der Waals surface area contributed by atoms with Crippen LogP contribution in [-0.2, 0) is 6.42 Å². The smallest absolute Gasteiger partial charge is 0.274 e. The standard InChI is InChI=1S/C15H23N3O2/c1-3-12-6-7-14(11-15(12)18(19)20)16-13-5-4-9-17(2)10-8-13/h6-7,11,13,16H,3-5,8-10H2,1-2H3. The molecule has 0 saturated carbocycles. The molecular formula is C15H23N3O2. The average Bonchev–Trinajstić information content (AvgIpc) is 2.63. The first kappa shape index (κ1) is 14.8. The SMILES string of the molecule is CCc1ccc(NC2CCCN(C)CC2)cc1[N+](=O)[O-]. The van der Waals surface area contributed by atoms with E-state index in [9.17, 15) is 10.1 Å². The highest BCUT2D eigenvalue weighted by molar-refractivity contribution is 5.55. The van der Waals surface area contributed by atoms with Crippen molar-refractivity contribution in [1.82, 2.24) is 4.90 Å². The summed E-state index contributed by atoms with van der Waals surface area (Å²) in [6.07, 6.45) is 4.06. The van der Waals surface area contributed by atoms with E-state index in [2.05, 4.69) is 17.3 Å². The zero-order valence-electron chi connectivity index (χ0n) is 12.3. The summed E-state index contributed by atoms with van der Waals surface area (Å²) in [4.78, 5) is 13.1. The molecule has 110 valence electrons. The van der Waals surface area contributed by atoms with Crippen LogP contribution in [0.2, 0.25) is 0 Å². The van der Waals surface area contributed by atoms with Crippen molar-refractivity contribution in [2.24, 2.45) is 0 Å². The fourth-order valence-electron chi connectivity index (χ4n) is 2.74. The molecule has 1 aromatic carbocycles. The van der Waals surface area contributed by atoms with Crippen LogP contribution in [0.5, 0.6) is 0 Å². The van der Waals surface area contributed by atoms with Crippen LogP contribution in [0.3, 0.4) is 0 Å². The molecule has 1 aromatic rings. The van der Waals surface area contributed by atoms with Gasteiger partial charge in [0, 0.05) is 23.4 Å². The maximum absolute atomic E-state index is 11.1. The van der Waals surface area contributed by atoms with Crippen LogP contribution in [0.25, 0.3) is 0 Å². The van der Waals surface area contributed by atoms with Crippen LogP contribution in [-0.4, -0.2) is 36.0 Å². The first-order chi connectivity index (χ1) is 9.60. The van der Waals surface area contributed by atoms with E-state index in [-0.39, 0.29) is 10.6 Å². The van der Waals surface area contributed by atoms with Crippen molar-refractivity contribution in [2.75, 3.05) is 25.5 Å². The number of anilines is 1. The first-order valence-corrected chi connectivity index (χ1v) is 7.32. The van der Waals surface area contributed by atoms with Crippen molar-refractivity contribution < 1.29 is 4.92 Å². The molecule has 20 heavy (non-hydrogen) atoms. The molecule has 0 amide bonds. The van der Waals surface area contributed by atoms with Gasteiger partial charge in [-0.1, -0.05) is 13.0 Å². The minimum atomic E-state index is -0.287. The number of nitro groups is 1. The largest absolute Gasteiger partial charge is 0.382 e. The molecule has 0 aromatic heterocycles. The number of hydrogen-bond donors (Lipinski definition) is 1. The predicted molar refractivity (Wildman–Crippen MR) is 81.2 cm³/mol. The Hall–Kier alpha value is -1.62. The Bertz CT molecular complexity index is 476. The number of rotatable bonds is 4. The van der Waals surface area contributed by atoms with E-state index in [1.807, 2.05) is 19.1 Å². The molecule has 5 heteroatoms. The van der Waals surface area contributed by atoms with E-state index < -0.39 is 0 Å². The van der Waals surface area contributed by atoms with Crippen molar-refractivity contribution >= 4 is 11.4 Å². The Morgan fingerprint density at radius 3 is 2.90 bits per heavy atom. The van der Waals surface area contributed by atoms with Gasteiger partial charge in [-0.05, 0) is 51.9 Å².